The first kappa shape index (κ1) is 30.1. The van der Waals surface area contributed by atoms with E-state index in [1.807, 2.05) is 47.1 Å². The van der Waals surface area contributed by atoms with Crippen molar-refractivity contribution in [2.24, 2.45) is 0 Å². The van der Waals surface area contributed by atoms with E-state index in [-0.39, 0.29) is 16.4 Å². The highest BCUT2D eigenvalue weighted by Gasteiger charge is 2.46. The monoisotopic (exact) mass is 641 g/mol. The smallest absolute Gasteiger partial charge is 0.335 e. The van der Waals surface area contributed by atoms with Crippen molar-refractivity contribution < 1.29 is 23.1 Å². The van der Waals surface area contributed by atoms with E-state index in [1.165, 1.54) is 6.26 Å². The summed E-state index contributed by atoms with van der Waals surface area (Å²) in [6, 6.07) is 35.4. The van der Waals surface area contributed by atoms with Crippen LogP contribution < -0.4 is 5.32 Å². The summed E-state index contributed by atoms with van der Waals surface area (Å²) in [5.74, 6) is -1.30. The summed E-state index contributed by atoms with van der Waals surface area (Å²) in [4.78, 5) is 25.9. The minimum absolute atomic E-state index is 0.182. The van der Waals surface area contributed by atoms with E-state index in [9.17, 15) is 23.1 Å². The number of fused-ring (bicyclic) bond motifs is 1. The van der Waals surface area contributed by atoms with Crippen molar-refractivity contribution in [3.05, 3.63) is 144 Å². The van der Waals surface area contributed by atoms with Gasteiger partial charge in [-0.1, -0.05) is 72.8 Å². The fourth-order valence-corrected chi connectivity index (χ4v) is 6.75. The fraction of sp³-hybridized carbons (Fsp3) is 0.132. The van der Waals surface area contributed by atoms with Crippen LogP contribution in [0.1, 0.15) is 44.7 Å². The van der Waals surface area contributed by atoms with Gasteiger partial charge in [-0.05, 0) is 88.7 Å². The van der Waals surface area contributed by atoms with Crippen LogP contribution in [0.3, 0.4) is 0 Å². The average Bonchev–Trinajstić information content (AvgIpc) is 3.76. The van der Waals surface area contributed by atoms with E-state index in [4.69, 9.17) is 5.10 Å². The number of amides is 1. The molecule has 8 nitrogen and oxygen atoms in total. The zero-order valence-corrected chi connectivity index (χ0v) is 26.4. The molecule has 1 aliphatic carbocycles. The van der Waals surface area contributed by atoms with Crippen LogP contribution in [-0.2, 0) is 21.9 Å². The average molecular weight is 642 g/mol. The van der Waals surface area contributed by atoms with Gasteiger partial charge in [0.1, 0.15) is 0 Å². The highest BCUT2D eigenvalue weighted by Crippen LogP contribution is 2.46. The lowest BCUT2D eigenvalue weighted by atomic mass is 9.98. The normalized spacial score (nSPS) is 13.7. The second kappa shape index (κ2) is 11.7. The number of carbonyl (C=O) groups excluding carboxylic acids is 1. The Balaban J connectivity index is 1.30. The fourth-order valence-electron chi connectivity index (χ4n) is 6.08. The number of carboxylic acids is 1. The molecule has 0 unspecified atom stereocenters. The number of hydrogen-bond donors (Lipinski definition) is 2. The van der Waals surface area contributed by atoms with Gasteiger partial charge < -0.3 is 10.4 Å². The molecule has 6 aromatic rings. The molecule has 234 valence electrons. The second-order valence-electron chi connectivity index (χ2n) is 12.0. The van der Waals surface area contributed by atoms with Gasteiger partial charge >= 0.3 is 5.97 Å². The number of aromatic nitrogens is 2. The third kappa shape index (κ3) is 6.05. The largest absolute Gasteiger partial charge is 0.478 e. The Morgan fingerprint density at radius 1 is 0.809 bits per heavy atom. The maximum Gasteiger partial charge on any atom is 0.335 e. The minimum Gasteiger partial charge on any atom is -0.478 e. The van der Waals surface area contributed by atoms with Gasteiger partial charge in [-0.25, -0.2) is 13.2 Å². The molecule has 1 saturated carbocycles. The standard InChI is InChI=1S/C38H31N3O5S/c1-47(45,46)33-12-6-11-29(21-33)30-20-31-23-39-41(24-25-7-5-10-28(19-25)26-8-3-2-4-9-26)35(31)34(22-30)36(42)40-38(17-18-38)32-15-13-27(14-16-32)37(43)44/h2-16,19-23H,17-18,24H2,1H3,(H,40,42)(H,43,44). The molecule has 47 heavy (non-hydrogen) atoms. The van der Waals surface area contributed by atoms with Crippen molar-refractivity contribution >= 4 is 32.6 Å². The summed E-state index contributed by atoms with van der Waals surface area (Å²) in [5, 5.41) is 18.0. The second-order valence-corrected chi connectivity index (χ2v) is 14.1. The van der Waals surface area contributed by atoms with E-state index in [0.29, 0.717) is 28.8 Å². The van der Waals surface area contributed by atoms with Crippen LogP contribution in [-0.4, -0.2) is 41.4 Å². The molecule has 0 spiro atoms. The van der Waals surface area contributed by atoms with E-state index in [0.717, 1.165) is 40.5 Å². The maximum absolute atomic E-state index is 14.3. The number of rotatable bonds is 9. The molecule has 0 atom stereocenters. The molecule has 1 amide bonds. The number of sulfone groups is 1. The van der Waals surface area contributed by atoms with Crippen LogP contribution in [0.4, 0.5) is 0 Å². The highest BCUT2D eigenvalue weighted by atomic mass is 32.2. The molecule has 9 heteroatoms. The molecule has 2 N–H and O–H groups in total. The van der Waals surface area contributed by atoms with Gasteiger partial charge in [-0.3, -0.25) is 9.48 Å². The summed E-state index contributed by atoms with van der Waals surface area (Å²) in [6.45, 7) is 0.426. The number of carbonyl (C=O) groups is 2. The van der Waals surface area contributed by atoms with Crippen molar-refractivity contribution in [3.8, 4) is 22.3 Å². The number of aromatic carboxylic acids is 1. The Bertz CT molecular complexity index is 2270. The van der Waals surface area contributed by atoms with Crippen LogP contribution >= 0.6 is 0 Å². The van der Waals surface area contributed by atoms with Gasteiger partial charge in [-0.15, -0.1) is 0 Å². The van der Waals surface area contributed by atoms with Crippen LogP contribution in [0.25, 0.3) is 33.2 Å². The van der Waals surface area contributed by atoms with Gasteiger partial charge in [0.2, 0.25) is 0 Å². The zero-order valence-electron chi connectivity index (χ0n) is 25.6. The van der Waals surface area contributed by atoms with Crippen LogP contribution in [0.2, 0.25) is 0 Å². The lowest BCUT2D eigenvalue weighted by Gasteiger charge is -2.20. The topological polar surface area (TPSA) is 118 Å². The molecule has 1 aromatic heterocycles. The third-order valence-corrected chi connectivity index (χ3v) is 9.84. The maximum atomic E-state index is 14.3. The Hall–Kier alpha value is -5.54. The molecule has 0 radical (unpaired) electrons. The van der Waals surface area contributed by atoms with Gasteiger partial charge in [0.15, 0.2) is 9.84 Å². The van der Waals surface area contributed by atoms with Crippen molar-refractivity contribution in [2.75, 3.05) is 6.26 Å². The summed E-state index contributed by atoms with van der Waals surface area (Å²) in [5.41, 5.74) is 6.04. The van der Waals surface area contributed by atoms with Crippen molar-refractivity contribution in [1.82, 2.24) is 15.1 Å². The van der Waals surface area contributed by atoms with Gasteiger partial charge in [-0.2, -0.15) is 5.10 Å². The summed E-state index contributed by atoms with van der Waals surface area (Å²) >= 11 is 0. The Morgan fingerprint density at radius 3 is 2.17 bits per heavy atom. The molecule has 1 fully saturated rings. The Kier molecular flexibility index (Phi) is 7.48. The number of benzene rings is 5. The number of carboxylic acid groups (broad SMARTS) is 1. The van der Waals surface area contributed by atoms with Crippen LogP contribution in [0.15, 0.2) is 126 Å². The summed E-state index contributed by atoms with van der Waals surface area (Å²) in [6.07, 6.45) is 4.34. The summed E-state index contributed by atoms with van der Waals surface area (Å²) < 4.78 is 26.5. The predicted molar refractivity (Wildman–Crippen MR) is 181 cm³/mol. The highest BCUT2D eigenvalue weighted by molar-refractivity contribution is 7.90. The van der Waals surface area contributed by atoms with Gasteiger partial charge in [0.05, 0.1) is 39.8 Å². The lowest BCUT2D eigenvalue weighted by Crippen LogP contribution is -2.35. The van der Waals surface area contributed by atoms with Crippen LogP contribution in [0.5, 0.6) is 0 Å². The quantitative estimate of drug-likeness (QED) is 0.177. The number of nitrogens with zero attached hydrogens (tertiary/aromatic N) is 2. The Labute approximate surface area is 272 Å². The molecule has 1 aliphatic rings. The van der Waals surface area contributed by atoms with E-state index in [1.54, 1.807) is 54.7 Å². The SMILES string of the molecule is CS(=O)(=O)c1cccc(-c2cc(C(=O)NC3(c4ccc(C(=O)O)cc4)CC3)c3c(cnn3Cc3cccc(-c4ccccc4)c3)c2)c1. The molecular weight excluding hydrogens is 611 g/mol. The van der Waals surface area contributed by atoms with Crippen molar-refractivity contribution in [3.63, 3.8) is 0 Å². The van der Waals surface area contributed by atoms with Gasteiger partial charge in [0, 0.05) is 11.6 Å². The van der Waals surface area contributed by atoms with E-state index >= 15 is 0 Å². The molecule has 0 bridgehead atoms. The van der Waals surface area contributed by atoms with E-state index in [2.05, 4.69) is 29.6 Å². The van der Waals surface area contributed by atoms with E-state index < -0.39 is 21.3 Å². The lowest BCUT2D eigenvalue weighted by molar-refractivity contribution is 0.0696. The van der Waals surface area contributed by atoms with Crippen molar-refractivity contribution in [2.45, 2.75) is 29.8 Å². The summed E-state index contributed by atoms with van der Waals surface area (Å²) in [7, 11) is -3.44. The third-order valence-electron chi connectivity index (χ3n) is 8.73. The zero-order chi connectivity index (χ0) is 32.8. The predicted octanol–water partition coefficient (Wildman–Crippen LogP) is 6.94. The Morgan fingerprint density at radius 2 is 1.49 bits per heavy atom. The molecular formula is C38H31N3O5S. The molecule has 7 rings (SSSR count). The first-order valence-corrected chi connectivity index (χ1v) is 17.1. The number of nitrogens with one attached hydrogen (secondary N) is 1. The number of hydrogen-bond acceptors (Lipinski definition) is 5. The van der Waals surface area contributed by atoms with Crippen LogP contribution in [0, 0.1) is 0 Å². The molecule has 1 heterocycles. The van der Waals surface area contributed by atoms with Gasteiger partial charge in [0.25, 0.3) is 5.91 Å². The molecule has 0 aliphatic heterocycles. The van der Waals surface area contributed by atoms with Crippen molar-refractivity contribution in [1.29, 1.82) is 0 Å². The first-order valence-electron chi connectivity index (χ1n) is 15.2. The molecule has 0 saturated heterocycles. The molecule has 5 aromatic carbocycles. The minimum atomic E-state index is -3.44. The first-order chi connectivity index (χ1) is 22.6.